The van der Waals surface area contributed by atoms with Gasteiger partial charge in [0.2, 0.25) is 0 Å². The van der Waals surface area contributed by atoms with E-state index in [0.29, 0.717) is 11.4 Å². The molecule has 2 aromatic heterocycles. The highest BCUT2D eigenvalue weighted by Gasteiger charge is 2.20. The summed E-state index contributed by atoms with van der Waals surface area (Å²) in [5, 5.41) is 11.8. The fraction of sp³-hybridized carbons (Fsp3) is 0.286. The molecule has 0 aliphatic rings. The van der Waals surface area contributed by atoms with Gasteiger partial charge in [-0.25, -0.2) is 4.79 Å². The summed E-state index contributed by atoms with van der Waals surface area (Å²) >= 11 is 3.35. The molecule has 0 saturated heterocycles. The fourth-order valence-electron chi connectivity index (χ4n) is 2.14. The molecule has 2 rings (SSSR count). The number of aryl methyl sites for hydroxylation is 1. The standard InChI is InChI=1S/C14H16BrN3O3/c1-7(2)18-6-9(15)4-11(18)13(19)17-10-5-16-8(3)12(10)14(20)21/h4-7,16H,1-3H3,(H,17,19)(H,20,21). The first kappa shape index (κ1) is 15.4. The highest BCUT2D eigenvalue weighted by molar-refractivity contribution is 9.10. The van der Waals surface area contributed by atoms with Crippen LogP contribution in [0.4, 0.5) is 5.69 Å². The second-order valence-corrected chi connectivity index (χ2v) is 5.92. The van der Waals surface area contributed by atoms with Gasteiger partial charge in [-0.1, -0.05) is 0 Å². The van der Waals surface area contributed by atoms with Gasteiger partial charge in [0.05, 0.1) is 5.69 Å². The first-order chi connectivity index (χ1) is 9.81. The number of H-pyrrole nitrogens is 1. The number of aromatic carboxylic acids is 1. The zero-order valence-electron chi connectivity index (χ0n) is 11.9. The summed E-state index contributed by atoms with van der Waals surface area (Å²) < 4.78 is 2.62. The SMILES string of the molecule is Cc1[nH]cc(NC(=O)c2cc(Br)cn2C(C)C)c1C(=O)O. The maximum atomic E-state index is 12.4. The number of rotatable bonds is 4. The number of nitrogens with one attached hydrogen (secondary N) is 2. The van der Waals surface area contributed by atoms with E-state index in [1.165, 1.54) is 6.20 Å². The van der Waals surface area contributed by atoms with E-state index in [9.17, 15) is 14.7 Å². The number of aromatic amines is 1. The molecular formula is C14H16BrN3O3. The number of carboxylic acids is 1. The summed E-state index contributed by atoms with van der Waals surface area (Å²) in [6.07, 6.45) is 3.30. The molecule has 2 heterocycles. The third-order valence-electron chi connectivity index (χ3n) is 3.14. The van der Waals surface area contributed by atoms with Crippen LogP contribution in [0.5, 0.6) is 0 Å². The van der Waals surface area contributed by atoms with Crippen molar-refractivity contribution in [2.75, 3.05) is 5.32 Å². The van der Waals surface area contributed by atoms with E-state index in [-0.39, 0.29) is 23.2 Å². The first-order valence-electron chi connectivity index (χ1n) is 6.41. The average Bonchev–Trinajstić information content (AvgIpc) is 2.93. The van der Waals surface area contributed by atoms with Crippen molar-refractivity contribution in [2.45, 2.75) is 26.8 Å². The van der Waals surface area contributed by atoms with Crippen molar-refractivity contribution in [1.29, 1.82) is 0 Å². The third-order valence-corrected chi connectivity index (χ3v) is 3.58. The predicted molar refractivity (Wildman–Crippen MR) is 83.0 cm³/mol. The molecular weight excluding hydrogens is 338 g/mol. The van der Waals surface area contributed by atoms with Crippen molar-refractivity contribution in [3.8, 4) is 0 Å². The van der Waals surface area contributed by atoms with Crippen LogP contribution in [-0.2, 0) is 0 Å². The van der Waals surface area contributed by atoms with E-state index in [1.54, 1.807) is 13.0 Å². The Hall–Kier alpha value is -2.02. The second-order valence-electron chi connectivity index (χ2n) is 5.01. The van der Waals surface area contributed by atoms with Gasteiger partial charge in [-0.2, -0.15) is 0 Å². The highest BCUT2D eigenvalue weighted by atomic mass is 79.9. The van der Waals surface area contributed by atoms with E-state index in [4.69, 9.17) is 0 Å². The van der Waals surface area contributed by atoms with E-state index in [1.807, 2.05) is 24.6 Å². The van der Waals surface area contributed by atoms with Crippen LogP contribution in [0.2, 0.25) is 0 Å². The van der Waals surface area contributed by atoms with Crippen LogP contribution in [0.15, 0.2) is 22.9 Å². The maximum Gasteiger partial charge on any atom is 0.339 e. The normalized spacial score (nSPS) is 10.9. The molecule has 112 valence electrons. The molecule has 0 bridgehead atoms. The predicted octanol–water partition coefficient (Wildman–Crippen LogP) is 3.42. The third kappa shape index (κ3) is 3.02. The van der Waals surface area contributed by atoms with Crippen LogP contribution in [0.1, 0.15) is 46.4 Å². The van der Waals surface area contributed by atoms with E-state index < -0.39 is 5.97 Å². The molecule has 0 aliphatic carbocycles. The number of carbonyl (C=O) groups excluding carboxylic acids is 1. The summed E-state index contributed by atoms with van der Waals surface area (Å²) in [6, 6.07) is 1.82. The van der Waals surface area contributed by atoms with Crippen molar-refractivity contribution < 1.29 is 14.7 Å². The molecule has 0 atom stereocenters. The Bertz CT molecular complexity index is 700. The lowest BCUT2D eigenvalue weighted by molar-refractivity contribution is 0.0697. The summed E-state index contributed by atoms with van der Waals surface area (Å²) in [4.78, 5) is 26.4. The van der Waals surface area contributed by atoms with E-state index in [2.05, 4.69) is 26.2 Å². The molecule has 0 aromatic carbocycles. The molecule has 1 amide bonds. The summed E-state index contributed by atoms with van der Waals surface area (Å²) in [7, 11) is 0. The van der Waals surface area contributed by atoms with Gasteiger partial charge >= 0.3 is 5.97 Å². The van der Waals surface area contributed by atoms with Gasteiger partial charge in [-0.05, 0) is 42.8 Å². The van der Waals surface area contributed by atoms with Crippen LogP contribution < -0.4 is 5.32 Å². The summed E-state index contributed by atoms with van der Waals surface area (Å²) in [5.41, 5.74) is 1.30. The van der Waals surface area contributed by atoms with Gasteiger partial charge < -0.3 is 20.0 Å². The Morgan fingerprint density at radius 2 is 2.10 bits per heavy atom. The Labute approximate surface area is 130 Å². The minimum atomic E-state index is -1.08. The maximum absolute atomic E-state index is 12.4. The molecule has 21 heavy (non-hydrogen) atoms. The van der Waals surface area contributed by atoms with Crippen LogP contribution in [0.3, 0.4) is 0 Å². The lowest BCUT2D eigenvalue weighted by Gasteiger charge is -2.12. The lowest BCUT2D eigenvalue weighted by atomic mass is 10.2. The molecule has 0 aliphatic heterocycles. The first-order valence-corrected chi connectivity index (χ1v) is 7.20. The summed E-state index contributed by atoms with van der Waals surface area (Å²) in [5.74, 6) is -1.43. The zero-order valence-corrected chi connectivity index (χ0v) is 13.5. The van der Waals surface area contributed by atoms with Gasteiger partial charge in [0.15, 0.2) is 0 Å². The van der Waals surface area contributed by atoms with Crippen LogP contribution in [-0.4, -0.2) is 26.5 Å². The molecule has 7 heteroatoms. The van der Waals surface area contributed by atoms with Gasteiger partial charge in [-0.3, -0.25) is 4.79 Å². The van der Waals surface area contributed by atoms with E-state index in [0.717, 1.165) is 4.47 Å². The molecule has 6 nitrogen and oxygen atoms in total. The van der Waals surface area contributed by atoms with Gasteiger partial charge in [0, 0.05) is 28.6 Å². The number of aromatic nitrogens is 2. The van der Waals surface area contributed by atoms with Gasteiger partial charge in [-0.15, -0.1) is 0 Å². The van der Waals surface area contributed by atoms with Crippen molar-refractivity contribution in [3.63, 3.8) is 0 Å². The average molecular weight is 354 g/mol. The lowest BCUT2D eigenvalue weighted by Crippen LogP contribution is -2.18. The van der Waals surface area contributed by atoms with Crippen LogP contribution in [0, 0.1) is 6.92 Å². The van der Waals surface area contributed by atoms with Crippen molar-refractivity contribution in [1.82, 2.24) is 9.55 Å². The number of carbonyl (C=O) groups is 2. The minimum Gasteiger partial charge on any atom is -0.478 e. The number of hydrogen-bond acceptors (Lipinski definition) is 2. The molecule has 0 saturated carbocycles. The van der Waals surface area contributed by atoms with Crippen molar-refractivity contribution >= 4 is 33.5 Å². The largest absolute Gasteiger partial charge is 0.478 e. The number of nitrogens with zero attached hydrogens (tertiary/aromatic N) is 1. The second kappa shape index (κ2) is 5.77. The molecule has 0 radical (unpaired) electrons. The van der Waals surface area contributed by atoms with Gasteiger partial charge in [0.1, 0.15) is 11.3 Å². The topological polar surface area (TPSA) is 87.1 Å². The Balaban J connectivity index is 2.33. The van der Waals surface area contributed by atoms with Crippen molar-refractivity contribution in [2.24, 2.45) is 0 Å². The van der Waals surface area contributed by atoms with Crippen molar-refractivity contribution in [3.05, 3.63) is 39.9 Å². The number of halogens is 1. The van der Waals surface area contributed by atoms with Crippen LogP contribution >= 0.6 is 15.9 Å². The van der Waals surface area contributed by atoms with E-state index >= 15 is 0 Å². The number of anilines is 1. The smallest absolute Gasteiger partial charge is 0.339 e. The molecule has 0 unspecified atom stereocenters. The molecule has 0 fully saturated rings. The molecule has 0 spiro atoms. The Kier molecular flexibility index (Phi) is 4.22. The number of amides is 1. The number of carboxylic acid groups (broad SMARTS) is 1. The highest BCUT2D eigenvalue weighted by Crippen LogP contribution is 2.23. The monoisotopic (exact) mass is 353 g/mol. The van der Waals surface area contributed by atoms with Crippen LogP contribution in [0.25, 0.3) is 0 Å². The minimum absolute atomic E-state index is 0.0741. The fourth-order valence-corrected chi connectivity index (χ4v) is 2.58. The Morgan fingerprint density at radius 1 is 1.43 bits per heavy atom. The quantitative estimate of drug-likeness (QED) is 0.786. The van der Waals surface area contributed by atoms with Gasteiger partial charge in [0.25, 0.3) is 5.91 Å². The summed E-state index contributed by atoms with van der Waals surface area (Å²) in [6.45, 7) is 5.57. The Morgan fingerprint density at radius 3 is 2.67 bits per heavy atom. The zero-order chi connectivity index (χ0) is 15.7. The molecule has 3 N–H and O–H groups in total. The molecule has 2 aromatic rings. The number of hydrogen-bond donors (Lipinski definition) is 3.